The lowest BCUT2D eigenvalue weighted by Crippen LogP contribution is -2.29. The number of carbonyl (C=O) groups excluding carboxylic acids is 1. The van der Waals surface area contributed by atoms with E-state index in [1.165, 1.54) is 25.3 Å². The van der Waals surface area contributed by atoms with Crippen molar-refractivity contribution in [3.05, 3.63) is 57.1 Å². The van der Waals surface area contributed by atoms with Gasteiger partial charge in [-0.25, -0.2) is 0 Å². The number of amides is 1. The molecule has 0 spiro atoms. The highest BCUT2D eigenvalue weighted by Crippen LogP contribution is 2.30. The smallest absolute Gasteiger partial charge is 0.387 e. The van der Waals surface area contributed by atoms with Gasteiger partial charge in [0.2, 0.25) is 5.91 Å². The van der Waals surface area contributed by atoms with Crippen LogP contribution >= 0.6 is 11.6 Å². The molecular formula is C18H18ClF2N3O5. The molecule has 2 aromatic rings. The van der Waals surface area contributed by atoms with E-state index in [-0.39, 0.29) is 40.3 Å². The summed E-state index contributed by atoms with van der Waals surface area (Å²) in [6.07, 6.45) is 0. The highest BCUT2D eigenvalue weighted by molar-refractivity contribution is 6.34. The Hall–Kier alpha value is -2.98. The zero-order valence-corrected chi connectivity index (χ0v) is 16.3. The Morgan fingerprint density at radius 3 is 2.59 bits per heavy atom. The summed E-state index contributed by atoms with van der Waals surface area (Å²) in [7, 11) is 3.02. The third kappa shape index (κ3) is 6.54. The minimum absolute atomic E-state index is 0.00901. The third-order valence-electron chi connectivity index (χ3n) is 3.75. The van der Waals surface area contributed by atoms with Crippen LogP contribution in [-0.4, -0.2) is 43.0 Å². The fourth-order valence-electron chi connectivity index (χ4n) is 2.53. The van der Waals surface area contributed by atoms with E-state index in [1.807, 2.05) is 0 Å². The summed E-state index contributed by atoms with van der Waals surface area (Å²) in [5.41, 5.74) is 0.788. The summed E-state index contributed by atoms with van der Waals surface area (Å²) in [5, 5.41) is 13.4. The number of methoxy groups -OCH3 is 1. The van der Waals surface area contributed by atoms with Gasteiger partial charge in [-0.15, -0.1) is 0 Å². The molecule has 0 heterocycles. The standard InChI is InChI=1S/C18H18ClF2N3O5/c1-23(9-11-3-6-15(29-18(20)21)16(7-11)28-2)10-17(25)22-14-5-4-12(24(26)27)8-13(14)19/h3-8,18H,9-10H2,1-2H3,(H,22,25). The molecule has 0 radical (unpaired) electrons. The van der Waals surface area contributed by atoms with Gasteiger partial charge in [0.1, 0.15) is 0 Å². The maximum absolute atomic E-state index is 12.4. The Kier molecular flexibility index (Phi) is 7.68. The zero-order chi connectivity index (χ0) is 21.6. The number of ether oxygens (including phenoxy) is 2. The molecule has 0 aliphatic rings. The van der Waals surface area contributed by atoms with E-state index in [9.17, 15) is 23.7 Å². The van der Waals surface area contributed by atoms with Crippen molar-refractivity contribution in [2.75, 3.05) is 26.0 Å². The molecule has 0 aliphatic heterocycles. The Morgan fingerprint density at radius 2 is 2.00 bits per heavy atom. The fourth-order valence-corrected chi connectivity index (χ4v) is 2.75. The number of likely N-dealkylation sites (N-methyl/N-ethyl adjacent to an activating group) is 1. The number of alkyl halides is 2. The van der Waals surface area contributed by atoms with Crippen molar-refractivity contribution in [1.29, 1.82) is 0 Å². The van der Waals surface area contributed by atoms with Crippen molar-refractivity contribution < 1.29 is 28.0 Å². The van der Waals surface area contributed by atoms with E-state index in [4.69, 9.17) is 16.3 Å². The molecule has 2 rings (SSSR count). The molecule has 11 heteroatoms. The summed E-state index contributed by atoms with van der Waals surface area (Å²) in [6.45, 7) is -2.65. The number of anilines is 1. The summed E-state index contributed by atoms with van der Waals surface area (Å²) in [4.78, 5) is 24.0. The van der Waals surface area contributed by atoms with Crippen molar-refractivity contribution >= 4 is 28.9 Å². The first-order valence-electron chi connectivity index (χ1n) is 8.23. The molecule has 1 amide bonds. The molecule has 8 nitrogen and oxygen atoms in total. The normalized spacial score (nSPS) is 10.9. The number of non-ortho nitro benzene ring substituents is 1. The second-order valence-corrected chi connectivity index (χ2v) is 6.41. The second-order valence-electron chi connectivity index (χ2n) is 6.01. The van der Waals surface area contributed by atoms with Crippen LogP contribution in [0.2, 0.25) is 5.02 Å². The second kappa shape index (κ2) is 9.99. The average molecular weight is 430 g/mol. The topological polar surface area (TPSA) is 93.9 Å². The first-order valence-corrected chi connectivity index (χ1v) is 8.61. The van der Waals surface area contributed by atoms with Gasteiger partial charge in [-0.05, 0) is 30.8 Å². The number of rotatable bonds is 9. The molecule has 29 heavy (non-hydrogen) atoms. The maximum atomic E-state index is 12.4. The van der Waals surface area contributed by atoms with Gasteiger partial charge in [0.05, 0.1) is 29.3 Å². The number of hydrogen-bond acceptors (Lipinski definition) is 6. The number of hydrogen-bond donors (Lipinski definition) is 1. The molecular weight excluding hydrogens is 412 g/mol. The zero-order valence-electron chi connectivity index (χ0n) is 15.5. The Morgan fingerprint density at radius 1 is 1.28 bits per heavy atom. The van der Waals surface area contributed by atoms with E-state index in [0.717, 1.165) is 6.07 Å². The number of halogens is 3. The van der Waals surface area contributed by atoms with Crippen LogP contribution in [0.4, 0.5) is 20.2 Å². The van der Waals surface area contributed by atoms with E-state index in [0.29, 0.717) is 12.1 Å². The lowest BCUT2D eigenvalue weighted by Gasteiger charge is -2.18. The summed E-state index contributed by atoms with van der Waals surface area (Å²) < 4.78 is 34.2. The molecule has 1 N–H and O–H groups in total. The third-order valence-corrected chi connectivity index (χ3v) is 4.06. The minimum atomic E-state index is -2.97. The van der Waals surface area contributed by atoms with Crippen molar-refractivity contribution in [1.82, 2.24) is 4.90 Å². The van der Waals surface area contributed by atoms with E-state index in [1.54, 1.807) is 24.1 Å². The molecule has 0 saturated heterocycles. The van der Waals surface area contributed by atoms with E-state index in [2.05, 4.69) is 10.1 Å². The molecule has 0 saturated carbocycles. The van der Waals surface area contributed by atoms with Crippen molar-refractivity contribution in [3.8, 4) is 11.5 Å². The largest absolute Gasteiger partial charge is 0.493 e. The summed E-state index contributed by atoms with van der Waals surface area (Å²) >= 11 is 5.96. The lowest BCUT2D eigenvalue weighted by molar-refractivity contribution is -0.384. The summed E-state index contributed by atoms with van der Waals surface area (Å²) in [6, 6.07) is 8.23. The lowest BCUT2D eigenvalue weighted by atomic mass is 10.2. The summed E-state index contributed by atoms with van der Waals surface area (Å²) in [5.74, 6) is -0.314. The van der Waals surface area contributed by atoms with Crippen LogP contribution in [0.25, 0.3) is 0 Å². The number of nitrogens with one attached hydrogen (secondary N) is 1. The average Bonchev–Trinajstić information content (AvgIpc) is 2.63. The van der Waals surface area contributed by atoms with E-state index >= 15 is 0 Å². The monoisotopic (exact) mass is 429 g/mol. The van der Waals surface area contributed by atoms with Gasteiger partial charge in [-0.2, -0.15) is 8.78 Å². The predicted octanol–water partition coefficient (Wildman–Crippen LogP) is 3.93. The van der Waals surface area contributed by atoms with Crippen LogP contribution < -0.4 is 14.8 Å². The number of nitro benzene ring substituents is 1. The molecule has 0 aliphatic carbocycles. The van der Waals surface area contributed by atoms with Crippen LogP contribution in [0.3, 0.4) is 0 Å². The SMILES string of the molecule is COc1cc(CN(C)CC(=O)Nc2ccc([N+](=O)[O-])cc2Cl)ccc1OC(F)F. The highest BCUT2D eigenvalue weighted by atomic mass is 35.5. The first kappa shape index (κ1) is 22.3. The van der Waals surface area contributed by atoms with Crippen molar-refractivity contribution in [3.63, 3.8) is 0 Å². The Labute approximate surface area is 170 Å². The van der Waals surface area contributed by atoms with Gasteiger partial charge in [-0.3, -0.25) is 19.8 Å². The van der Waals surface area contributed by atoms with Gasteiger partial charge >= 0.3 is 6.61 Å². The first-order chi connectivity index (χ1) is 13.7. The van der Waals surface area contributed by atoms with Crippen LogP contribution in [0.15, 0.2) is 36.4 Å². The minimum Gasteiger partial charge on any atom is -0.493 e. The quantitative estimate of drug-likeness (QED) is 0.479. The molecule has 0 unspecified atom stereocenters. The van der Waals surface area contributed by atoms with Gasteiger partial charge in [-0.1, -0.05) is 17.7 Å². The number of nitro groups is 1. The Balaban J connectivity index is 1.97. The van der Waals surface area contributed by atoms with Crippen LogP contribution in [0, 0.1) is 10.1 Å². The number of carbonyl (C=O) groups is 1. The molecule has 0 bridgehead atoms. The highest BCUT2D eigenvalue weighted by Gasteiger charge is 2.15. The predicted molar refractivity (Wildman–Crippen MR) is 103 cm³/mol. The number of nitrogens with zero attached hydrogens (tertiary/aromatic N) is 2. The van der Waals surface area contributed by atoms with Crippen molar-refractivity contribution in [2.24, 2.45) is 0 Å². The molecule has 0 fully saturated rings. The van der Waals surface area contributed by atoms with Gasteiger partial charge < -0.3 is 14.8 Å². The molecule has 0 atom stereocenters. The molecule has 2 aromatic carbocycles. The van der Waals surface area contributed by atoms with E-state index < -0.39 is 11.5 Å². The van der Waals surface area contributed by atoms with Gasteiger partial charge in [0.25, 0.3) is 5.69 Å². The fraction of sp³-hybridized carbons (Fsp3) is 0.278. The van der Waals surface area contributed by atoms with Crippen LogP contribution in [0.5, 0.6) is 11.5 Å². The number of benzene rings is 2. The van der Waals surface area contributed by atoms with Gasteiger partial charge in [0, 0.05) is 18.7 Å². The Bertz CT molecular complexity index is 898. The van der Waals surface area contributed by atoms with Crippen LogP contribution in [-0.2, 0) is 11.3 Å². The van der Waals surface area contributed by atoms with Crippen LogP contribution in [0.1, 0.15) is 5.56 Å². The maximum Gasteiger partial charge on any atom is 0.387 e. The molecule has 156 valence electrons. The molecule has 0 aromatic heterocycles. The van der Waals surface area contributed by atoms with Crippen molar-refractivity contribution in [2.45, 2.75) is 13.2 Å². The van der Waals surface area contributed by atoms with Gasteiger partial charge in [0.15, 0.2) is 11.5 Å².